The lowest BCUT2D eigenvalue weighted by Gasteiger charge is -2.14. The summed E-state index contributed by atoms with van der Waals surface area (Å²) in [5.74, 6) is -0.147. The van der Waals surface area contributed by atoms with Gasteiger partial charge in [-0.2, -0.15) is 0 Å². The molecule has 1 amide bonds. The fourth-order valence-electron chi connectivity index (χ4n) is 2.02. The third-order valence-electron chi connectivity index (χ3n) is 2.77. The normalized spacial score (nSPS) is 16.2. The monoisotopic (exact) mass is 246 g/mol. The summed E-state index contributed by atoms with van der Waals surface area (Å²) in [6, 6.07) is 5.69. The zero-order valence-corrected chi connectivity index (χ0v) is 10.1. The maximum Gasteiger partial charge on any atom is 0.234 e. The molecule has 5 heteroatoms. The second-order valence-electron chi connectivity index (χ2n) is 4.08. The van der Waals surface area contributed by atoms with Crippen LogP contribution in [0.25, 0.3) is 10.2 Å². The van der Waals surface area contributed by atoms with E-state index in [4.69, 9.17) is 0 Å². The molecule has 1 saturated heterocycles. The van der Waals surface area contributed by atoms with Crippen molar-refractivity contribution in [2.24, 2.45) is 0 Å². The topological polar surface area (TPSA) is 50.3 Å². The van der Waals surface area contributed by atoms with Crippen LogP contribution in [0.5, 0.6) is 0 Å². The first-order valence-electron chi connectivity index (χ1n) is 5.33. The molecule has 1 aliphatic heterocycles. The number of hydrogen-bond acceptors (Lipinski definition) is 4. The first-order chi connectivity index (χ1) is 8.13. The highest BCUT2D eigenvalue weighted by Crippen LogP contribution is 2.27. The van der Waals surface area contributed by atoms with E-state index >= 15 is 0 Å². The summed E-state index contributed by atoms with van der Waals surface area (Å²) in [6.45, 7) is 2.14. The molecule has 0 unspecified atom stereocenters. The van der Waals surface area contributed by atoms with Crippen LogP contribution >= 0.6 is 11.3 Å². The standard InChI is InChI=1S/C12H10N2O2S/c1-7-13-10-4-8(2-3-11(10)17-7)14-6-9(15)5-12(14)16/h2-4H,5-6H2,1H3. The smallest absolute Gasteiger partial charge is 0.234 e. The van der Waals surface area contributed by atoms with Gasteiger partial charge in [0.15, 0.2) is 5.78 Å². The molecule has 86 valence electrons. The molecule has 0 saturated carbocycles. The molecular formula is C12H10N2O2S. The number of benzene rings is 1. The molecule has 1 aromatic heterocycles. The van der Waals surface area contributed by atoms with Gasteiger partial charge in [0, 0.05) is 5.69 Å². The highest BCUT2D eigenvalue weighted by Gasteiger charge is 2.28. The zero-order chi connectivity index (χ0) is 12.0. The minimum Gasteiger partial charge on any atom is -0.305 e. The maximum atomic E-state index is 11.6. The van der Waals surface area contributed by atoms with Crippen LogP contribution in [-0.4, -0.2) is 23.2 Å². The highest BCUT2D eigenvalue weighted by molar-refractivity contribution is 7.18. The first-order valence-corrected chi connectivity index (χ1v) is 6.14. The largest absolute Gasteiger partial charge is 0.305 e. The number of aromatic nitrogens is 1. The molecule has 2 aromatic rings. The number of hydrogen-bond donors (Lipinski definition) is 0. The highest BCUT2D eigenvalue weighted by atomic mass is 32.1. The Morgan fingerprint density at radius 1 is 1.35 bits per heavy atom. The van der Waals surface area contributed by atoms with Gasteiger partial charge in [0.05, 0.1) is 28.2 Å². The van der Waals surface area contributed by atoms with E-state index in [1.54, 1.807) is 11.3 Å². The van der Waals surface area contributed by atoms with Crippen LogP contribution in [0.3, 0.4) is 0 Å². The van der Waals surface area contributed by atoms with Gasteiger partial charge in [-0.25, -0.2) is 4.98 Å². The number of carbonyl (C=O) groups excluding carboxylic acids is 2. The van der Waals surface area contributed by atoms with Crippen LogP contribution < -0.4 is 4.90 Å². The fraction of sp³-hybridized carbons (Fsp3) is 0.250. The third kappa shape index (κ3) is 1.72. The molecule has 1 fully saturated rings. The zero-order valence-electron chi connectivity index (χ0n) is 9.27. The van der Waals surface area contributed by atoms with Crippen molar-refractivity contribution in [3.8, 4) is 0 Å². The SMILES string of the molecule is Cc1nc2cc(N3CC(=O)CC3=O)ccc2s1. The summed E-state index contributed by atoms with van der Waals surface area (Å²) in [6.07, 6.45) is 0.0220. The Bertz CT molecular complexity index is 632. The van der Waals surface area contributed by atoms with Crippen LogP contribution in [0.2, 0.25) is 0 Å². The molecule has 0 radical (unpaired) electrons. The Hall–Kier alpha value is -1.75. The van der Waals surface area contributed by atoms with E-state index in [0.717, 1.165) is 20.9 Å². The second kappa shape index (κ2) is 3.63. The number of Topliss-reactive ketones (excluding diaryl/α,β-unsaturated/α-hetero) is 1. The molecule has 0 atom stereocenters. The van der Waals surface area contributed by atoms with E-state index in [0.29, 0.717) is 0 Å². The molecule has 1 aromatic carbocycles. The van der Waals surface area contributed by atoms with Crippen LogP contribution in [0, 0.1) is 6.92 Å². The van der Waals surface area contributed by atoms with Gasteiger partial charge >= 0.3 is 0 Å². The summed E-state index contributed by atoms with van der Waals surface area (Å²) >= 11 is 1.62. The minimum absolute atomic E-state index is 0.0220. The van der Waals surface area contributed by atoms with Gasteiger partial charge < -0.3 is 4.90 Å². The molecule has 1 aliphatic rings. The minimum atomic E-state index is -0.124. The van der Waals surface area contributed by atoms with Crippen molar-refractivity contribution in [1.29, 1.82) is 0 Å². The van der Waals surface area contributed by atoms with Crippen molar-refractivity contribution in [1.82, 2.24) is 4.98 Å². The Labute approximate surface area is 102 Å². The Kier molecular flexibility index (Phi) is 2.22. The number of ketones is 1. The quantitative estimate of drug-likeness (QED) is 0.722. The van der Waals surface area contributed by atoms with Crippen molar-refractivity contribution in [2.45, 2.75) is 13.3 Å². The maximum absolute atomic E-state index is 11.6. The Balaban J connectivity index is 2.05. The van der Waals surface area contributed by atoms with Crippen molar-refractivity contribution < 1.29 is 9.59 Å². The van der Waals surface area contributed by atoms with Crippen LogP contribution in [0.1, 0.15) is 11.4 Å². The van der Waals surface area contributed by atoms with Gasteiger partial charge in [0.25, 0.3) is 0 Å². The van der Waals surface area contributed by atoms with E-state index in [1.807, 2.05) is 25.1 Å². The van der Waals surface area contributed by atoms with Crippen LogP contribution in [0.4, 0.5) is 5.69 Å². The molecule has 3 rings (SSSR count). The molecule has 17 heavy (non-hydrogen) atoms. The summed E-state index contributed by atoms with van der Waals surface area (Å²) in [5.41, 5.74) is 1.65. The second-order valence-corrected chi connectivity index (χ2v) is 5.32. The summed E-state index contributed by atoms with van der Waals surface area (Å²) in [5, 5.41) is 1.00. The van der Waals surface area contributed by atoms with E-state index in [9.17, 15) is 9.59 Å². The predicted molar refractivity (Wildman–Crippen MR) is 66.3 cm³/mol. The van der Waals surface area contributed by atoms with Gasteiger partial charge in [0.2, 0.25) is 5.91 Å². The van der Waals surface area contributed by atoms with Crippen molar-refractivity contribution in [3.63, 3.8) is 0 Å². The molecule has 0 N–H and O–H groups in total. The molecule has 0 bridgehead atoms. The number of aryl methyl sites for hydroxylation is 1. The molecule has 4 nitrogen and oxygen atoms in total. The average Bonchev–Trinajstić information content (AvgIpc) is 2.78. The van der Waals surface area contributed by atoms with E-state index in [-0.39, 0.29) is 24.7 Å². The molecular weight excluding hydrogens is 236 g/mol. The van der Waals surface area contributed by atoms with Crippen molar-refractivity contribution in [3.05, 3.63) is 23.2 Å². The average molecular weight is 246 g/mol. The number of anilines is 1. The van der Waals surface area contributed by atoms with E-state index in [2.05, 4.69) is 4.98 Å². The predicted octanol–water partition coefficient (Wildman–Crippen LogP) is 1.91. The summed E-state index contributed by atoms with van der Waals surface area (Å²) in [4.78, 5) is 28.8. The van der Waals surface area contributed by atoms with E-state index < -0.39 is 0 Å². The van der Waals surface area contributed by atoms with E-state index in [1.165, 1.54) is 4.90 Å². The van der Waals surface area contributed by atoms with Crippen molar-refractivity contribution in [2.75, 3.05) is 11.4 Å². The van der Waals surface area contributed by atoms with Crippen molar-refractivity contribution >= 4 is 38.9 Å². The number of nitrogens with zero attached hydrogens (tertiary/aromatic N) is 2. The van der Waals surface area contributed by atoms with Gasteiger partial charge in [0.1, 0.15) is 0 Å². The van der Waals surface area contributed by atoms with Gasteiger partial charge in [-0.1, -0.05) is 0 Å². The molecule has 0 spiro atoms. The summed E-state index contributed by atoms with van der Waals surface area (Å²) < 4.78 is 1.10. The summed E-state index contributed by atoms with van der Waals surface area (Å²) in [7, 11) is 0. The Morgan fingerprint density at radius 2 is 2.18 bits per heavy atom. The number of rotatable bonds is 1. The number of thiazole rings is 1. The van der Waals surface area contributed by atoms with Gasteiger partial charge in [-0.3, -0.25) is 9.59 Å². The molecule has 0 aliphatic carbocycles. The number of carbonyl (C=O) groups is 2. The first kappa shape index (κ1) is 10.4. The van der Waals surface area contributed by atoms with Crippen LogP contribution in [0.15, 0.2) is 18.2 Å². The number of amides is 1. The lowest BCUT2D eigenvalue weighted by molar-refractivity contribution is -0.121. The lowest BCUT2D eigenvalue weighted by Crippen LogP contribution is -2.24. The molecule has 2 heterocycles. The van der Waals surface area contributed by atoms with Gasteiger partial charge in [-0.15, -0.1) is 11.3 Å². The third-order valence-corrected chi connectivity index (χ3v) is 3.73. The van der Waals surface area contributed by atoms with Gasteiger partial charge in [-0.05, 0) is 25.1 Å². The number of fused-ring (bicyclic) bond motifs is 1. The van der Waals surface area contributed by atoms with Crippen LogP contribution in [-0.2, 0) is 9.59 Å². The lowest BCUT2D eigenvalue weighted by atomic mass is 10.3. The fourth-order valence-corrected chi connectivity index (χ4v) is 2.83. The Morgan fingerprint density at radius 3 is 2.88 bits per heavy atom.